The molecule has 2 N–H and O–H groups in total. The molecule has 2 heterocycles. The normalized spacial score (nSPS) is 16.2. The van der Waals surface area contributed by atoms with E-state index < -0.39 is 0 Å². The quantitative estimate of drug-likeness (QED) is 0.606. The van der Waals surface area contributed by atoms with Crippen molar-refractivity contribution in [3.63, 3.8) is 0 Å². The summed E-state index contributed by atoms with van der Waals surface area (Å²) in [6.45, 7) is 4.63. The largest absolute Gasteiger partial charge is 0.353 e. The highest BCUT2D eigenvalue weighted by molar-refractivity contribution is 9.10. The number of benzene rings is 2. The molecule has 7 nitrogen and oxygen atoms in total. The number of aromatic nitrogens is 4. The number of amides is 1. The number of hydrogen-bond donors (Lipinski definition) is 2. The molecule has 9 heteroatoms. The van der Waals surface area contributed by atoms with E-state index in [9.17, 15) is 4.79 Å². The molecule has 0 fully saturated rings. The molecule has 28 heavy (non-hydrogen) atoms. The summed E-state index contributed by atoms with van der Waals surface area (Å²) in [4.78, 5) is 14.9. The van der Waals surface area contributed by atoms with Gasteiger partial charge in [-0.2, -0.15) is 5.21 Å². The summed E-state index contributed by atoms with van der Waals surface area (Å²) < 4.78 is 0.948. The smallest absolute Gasteiger partial charge is 0.247 e. The molecule has 0 radical (unpaired) electrons. The third-order valence-electron chi connectivity index (χ3n) is 4.75. The van der Waals surface area contributed by atoms with Gasteiger partial charge >= 0.3 is 0 Å². The molecule has 1 atom stereocenters. The van der Waals surface area contributed by atoms with Crippen LogP contribution in [0.4, 0.5) is 11.4 Å². The highest BCUT2D eigenvalue weighted by Crippen LogP contribution is 2.38. The number of carbonyl (C=O) groups excluding carboxylic acids is 1. The zero-order chi connectivity index (χ0) is 19.8. The Labute approximate surface area is 175 Å². The first-order chi connectivity index (χ1) is 13.4. The van der Waals surface area contributed by atoms with E-state index in [1.807, 2.05) is 44.2 Å². The van der Waals surface area contributed by atoms with Crippen LogP contribution < -0.4 is 10.2 Å². The van der Waals surface area contributed by atoms with Crippen molar-refractivity contribution in [2.45, 2.75) is 26.4 Å². The van der Waals surface area contributed by atoms with Gasteiger partial charge in [-0.3, -0.25) is 4.79 Å². The number of halogens is 2. The number of fused-ring (bicyclic) bond motifs is 1. The predicted molar refractivity (Wildman–Crippen MR) is 112 cm³/mol. The lowest BCUT2D eigenvalue weighted by Gasteiger charge is -2.40. The third kappa shape index (κ3) is 3.49. The molecule has 3 aromatic rings. The van der Waals surface area contributed by atoms with Gasteiger partial charge < -0.3 is 10.2 Å². The van der Waals surface area contributed by atoms with Crippen LogP contribution in [0.2, 0.25) is 5.02 Å². The number of anilines is 2. The topological polar surface area (TPSA) is 86.8 Å². The Morgan fingerprint density at radius 1 is 1.25 bits per heavy atom. The molecule has 1 aromatic heterocycles. The fourth-order valence-corrected chi connectivity index (χ4v) is 4.05. The van der Waals surface area contributed by atoms with Crippen molar-refractivity contribution in [2.24, 2.45) is 5.92 Å². The first-order valence-corrected chi connectivity index (χ1v) is 10.0. The van der Waals surface area contributed by atoms with Gasteiger partial charge in [-0.1, -0.05) is 41.4 Å². The van der Waals surface area contributed by atoms with Crippen LogP contribution in [-0.4, -0.2) is 32.6 Å². The number of hydrogen-bond acceptors (Lipinski definition) is 5. The molecular formula is C19H18BrClN6O. The third-order valence-corrected chi connectivity index (χ3v) is 5.76. The van der Waals surface area contributed by atoms with Crippen LogP contribution in [0.25, 0.3) is 11.4 Å². The lowest BCUT2D eigenvalue weighted by molar-refractivity contribution is -0.118. The van der Waals surface area contributed by atoms with Crippen LogP contribution in [0.5, 0.6) is 0 Å². The van der Waals surface area contributed by atoms with E-state index >= 15 is 0 Å². The fraction of sp³-hybridized carbons (Fsp3) is 0.263. The summed E-state index contributed by atoms with van der Waals surface area (Å²) in [5, 5.41) is 17.8. The Morgan fingerprint density at radius 2 is 2.07 bits per heavy atom. The van der Waals surface area contributed by atoms with Crippen molar-refractivity contribution in [1.82, 2.24) is 20.6 Å². The van der Waals surface area contributed by atoms with Crippen molar-refractivity contribution in [3.8, 4) is 11.4 Å². The SMILES string of the molecule is CC(C)C1C(=O)Nc2cc(Cl)ccc2N1Cc1cc(-c2nn[nH]n2)ccc1Br. The fourth-order valence-electron chi connectivity index (χ4n) is 3.51. The molecule has 1 aliphatic heterocycles. The first-order valence-electron chi connectivity index (χ1n) is 8.83. The van der Waals surface area contributed by atoms with Crippen LogP contribution in [0.1, 0.15) is 19.4 Å². The van der Waals surface area contributed by atoms with E-state index in [0.29, 0.717) is 17.4 Å². The molecule has 0 saturated carbocycles. The van der Waals surface area contributed by atoms with Crippen LogP contribution in [0, 0.1) is 5.92 Å². The van der Waals surface area contributed by atoms with E-state index in [2.05, 4.69) is 46.8 Å². The van der Waals surface area contributed by atoms with Crippen LogP contribution >= 0.6 is 27.5 Å². The van der Waals surface area contributed by atoms with Gasteiger partial charge in [-0.15, -0.1) is 10.2 Å². The molecule has 1 unspecified atom stereocenters. The van der Waals surface area contributed by atoms with Gasteiger partial charge in [0.05, 0.1) is 11.4 Å². The average Bonchev–Trinajstić information content (AvgIpc) is 3.17. The minimum absolute atomic E-state index is 0.0322. The van der Waals surface area contributed by atoms with Crippen molar-refractivity contribution in [3.05, 3.63) is 51.5 Å². The Morgan fingerprint density at radius 3 is 2.79 bits per heavy atom. The van der Waals surface area contributed by atoms with Crippen molar-refractivity contribution >= 4 is 44.8 Å². The minimum atomic E-state index is -0.297. The second kappa shape index (κ2) is 7.52. The van der Waals surface area contributed by atoms with Crippen LogP contribution in [0.3, 0.4) is 0 Å². The maximum Gasteiger partial charge on any atom is 0.247 e. The Hall–Kier alpha value is -2.45. The molecule has 0 spiro atoms. The second-order valence-electron chi connectivity index (χ2n) is 7.01. The molecular weight excluding hydrogens is 444 g/mol. The maximum atomic E-state index is 12.8. The maximum absolute atomic E-state index is 12.8. The molecule has 0 bridgehead atoms. The lowest BCUT2D eigenvalue weighted by Crippen LogP contribution is -2.50. The number of H-pyrrole nitrogens is 1. The van der Waals surface area contributed by atoms with Gasteiger partial charge in [0.25, 0.3) is 0 Å². The van der Waals surface area contributed by atoms with E-state index in [1.54, 1.807) is 6.07 Å². The summed E-state index contributed by atoms with van der Waals surface area (Å²) in [6, 6.07) is 11.2. The van der Waals surface area contributed by atoms with Crippen LogP contribution in [-0.2, 0) is 11.3 Å². The number of nitrogens with one attached hydrogen (secondary N) is 2. The van der Waals surface area contributed by atoms with E-state index in [4.69, 9.17) is 11.6 Å². The molecule has 1 amide bonds. The summed E-state index contributed by atoms with van der Waals surface area (Å²) in [7, 11) is 0. The lowest BCUT2D eigenvalue weighted by atomic mass is 9.96. The van der Waals surface area contributed by atoms with Gasteiger partial charge in [0, 0.05) is 21.6 Å². The molecule has 4 rings (SSSR count). The molecule has 0 saturated heterocycles. The zero-order valence-electron chi connectivity index (χ0n) is 15.3. The minimum Gasteiger partial charge on any atom is -0.353 e. The Bertz CT molecular complexity index is 1020. The van der Waals surface area contributed by atoms with Crippen molar-refractivity contribution in [1.29, 1.82) is 0 Å². The second-order valence-corrected chi connectivity index (χ2v) is 8.30. The van der Waals surface area contributed by atoms with E-state index in [1.165, 1.54) is 0 Å². The van der Waals surface area contributed by atoms with Crippen LogP contribution in [0.15, 0.2) is 40.9 Å². The standard InChI is InChI=1S/C19H18BrClN6O/c1-10(2)17-19(28)22-15-8-13(21)4-6-16(15)27(17)9-12-7-11(3-5-14(12)20)18-23-25-26-24-18/h3-8,10,17H,9H2,1-2H3,(H,22,28)(H,23,24,25,26). The van der Waals surface area contributed by atoms with Gasteiger partial charge in [-0.05, 0) is 53.1 Å². The molecule has 144 valence electrons. The van der Waals surface area contributed by atoms with Crippen molar-refractivity contribution < 1.29 is 4.79 Å². The Balaban J connectivity index is 1.77. The number of tetrazole rings is 1. The molecule has 2 aromatic carbocycles. The summed E-state index contributed by atoms with van der Waals surface area (Å²) in [6.07, 6.45) is 0. The summed E-state index contributed by atoms with van der Waals surface area (Å²) in [5.74, 6) is 0.621. The highest BCUT2D eigenvalue weighted by atomic mass is 79.9. The monoisotopic (exact) mass is 460 g/mol. The van der Waals surface area contributed by atoms with Gasteiger partial charge in [-0.25, -0.2) is 0 Å². The predicted octanol–water partition coefficient (Wildman–Crippen LogP) is 4.27. The average molecular weight is 462 g/mol. The van der Waals surface area contributed by atoms with Gasteiger partial charge in [0.2, 0.25) is 11.7 Å². The number of rotatable bonds is 4. The number of aromatic amines is 1. The van der Waals surface area contributed by atoms with Crippen molar-refractivity contribution in [2.75, 3.05) is 10.2 Å². The van der Waals surface area contributed by atoms with E-state index in [0.717, 1.165) is 27.0 Å². The van der Waals surface area contributed by atoms with Gasteiger partial charge in [0.1, 0.15) is 6.04 Å². The highest BCUT2D eigenvalue weighted by Gasteiger charge is 2.35. The summed E-state index contributed by atoms with van der Waals surface area (Å²) in [5.41, 5.74) is 3.54. The summed E-state index contributed by atoms with van der Waals surface area (Å²) >= 11 is 9.77. The zero-order valence-corrected chi connectivity index (χ0v) is 17.6. The first kappa shape index (κ1) is 18.9. The Kier molecular flexibility index (Phi) is 5.07. The number of carbonyl (C=O) groups is 1. The van der Waals surface area contributed by atoms with E-state index in [-0.39, 0.29) is 17.9 Å². The molecule has 1 aliphatic rings. The van der Waals surface area contributed by atoms with Gasteiger partial charge in [0.15, 0.2) is 0 Å². The molecule has 0 aliphatic carbocycles. The number of nitrogens with zero attached hydrogens (tertiary/aromatic N) is 4.